The van der Waals surface area contributed by atoms with Gasteiger partial charge in [-0.15, -0.1) is 0 Å². The van der Waals surface area contributed by atoms with Crippen LogP contribution in [0, 0.1) is 13.8 Å². The molecule has 0 heterocycles. The third-order valence-electron chi connectivity index (χ3n) is 3.43. The summed E-state index contributed by atoms with van der Waals surface area (Å²) in [4.78, 5) is 12.0. The Morgan fingerprint density at radius 2 is 1.91 bits per heavy atom. The van der Waals surface area contributed by atoms with Crippen LogP contribution in [-0.4, -0.2) is 25.2 Å². The van der Waals surface area contributed by atoms with Crippen LogP contribution in [0.15, 0.2) is 48.5 Å². The van der Waals surface area contributed by atoms with Crippen LogP contribution in [0.4, 0.5) is 0 Å². The fraction of sp³-hybridized carbons (Fsp3) is 0.316. The normalized spacial score (nSPS) is 11.6. The molecule has 4 nitrogen and oxygen atoms in total. The van der Waals surface area contributed by atoms with E-state index in [-0.39, 0.29) is 5.91 Å². The molecule has 23 heavy (non-hydrogen) atoms. The molecule has 0 saturated heterocycles. The van der Waals surface area contributed by atoms with Crippen molar-refractivity contribution < 1.29 is 14.3 Å². The van der Waals surface area contributed by atoms with Crippen molar-refractivity contribution in [2.24, 2.45) is 0 Å². The molecule has 0 unspecified atom stereocenters. The molecule has 0 bridgehead atoms. The average molecular weight is 313 g/mol. The highest BCUT2D eigenvalue weighted by Gasteiger charge is 2.14. The van der Waals surface area contributed by atoms with Crippen molar-refractivity contribution in [3.05, 3.63) is 59.7 Å². The van der Waals surface area contributed by atoms with Gasteiger partial charge >= 0.3 is 0 Å². The van der Waals surface area contributed by atoms with Crippen molar-refractivity contribution in [3.63, 3.8) is 0 Å². The van der Waals surface area contributed by atoms with E-state index in [1.807, 2.05) is 62.4 Å². The van der Waals surface area contributed by atoms with Crippen LogP contribution in [0.2, 0.25) is 0 Å². The molecule has 0 spiro atoms. The van der Waals surface area contributed by atoms with E-state index in [9.17, 15) is 4.79 Å². The maximum absolute atomic E-state index is 12.0. The van der Waals surface area contributed by atoms with Crippen molar-refractivity contribution in [2.45, 2.75) is 26.9 Å². The van der Waals surface area contributed by atoms with E-state index in [2.05, 4.69) is 5.32 Å². The summed E-state index contributed by atoms with van der Waals surface area (Å²) >= 11 is 0. The largest absolute Gasteiger partial charge is 0.492 e. The topological polar surface area (TPSA) is 47.6 Å². The summed E-state index contributed by atoms with van der Waals surface area (Å²) in [5, 5.41) is 2.82. The first-order valence-corrected chi connectivity index (χ1v) is 7.76. The molecule has 0 aromatic heterocycles. The average Bonchev–Trinajstić information content (AvgIpc) is 2.53. The van der Waals surface area contributed by atoms with Crippen LogP contribution in [0.25, 0.3) is 0 Å². The van der Waals surface area contributed by atoms with E-state index in [0.29, 0.717) is 13.2 Å². The monoisotopic (exact) mass is 313 g/mol. The van der Waals surface area contributed by atoms with E-state index in [4.69, 9.17) is 9.47 Å². The Bertz CT molecular complexity index is 655. The molecule has 0 fully saturated rings. The van der Waals surface area contributed by atoms with Gasteiger partial charge in [-0.25, -0.2) is 0 Å². The Morgan fingerprint density at radius 3 is 2.65 bits per heavy atom. The highest BCUT2D eigenvalue weighted by molar-refractivity contribution is 5.80. The molecule has 0 saturated carbocycles. The van der Waals surface area contributed by atoms with Gasteiger partial charge in [-0.2, -0.15) is 0 Å². The Balaban J connectivity index is 1.73. The fourth-order valence-electron chi connectivity index (χ4n) is 2.12. The van der Waals surface area contributed by atoms with Gasteiger partial charge in [-0.1, -0.05) is 30.3 Å². The highest BCUT2D eigenvalue weighted by Crippen LogP contribution is 2.17. The SMILES string of the molecule is Cc1cccc(OCCNC(=O)[C@H](C)Oc2ccccc2C)c1. The van der Waals surface area contributed by atoms with Crippen LogP contribution >= 0.6 is 0 Å². The summed E-state index contributed by atoms with van der Waals surface area (Å²) in [6, 6.07) is 15.5. The van der Waals surface area contributed by atoms with E-state index in [1.165, 1.54) is 0 Å². The van der Waals surface area contributed by atoms with Gasteiger partial charge in [-0.05, 0) is 50.1 Å². The predicted octanol–water partition coefficient (Wildman–Crippen LogP) is 3.27. The number of benzene rings is 2. The maximum atomic E-state index is 12.0. The minimum atomic E-state index is -0.546. The third kappa shape index (κ3) is 5.33. The number of nitrogens with one attached hydrogen (secondary N) is 1. The van der Waals surface area contributed by atoms with Gasteiger partial charge in [0.05, 0.1) is 6.54 Å². The molecular weight excluding hydrogens is 290 g/mol. The smallest absolute Gasteiger partial charge is 0.260 e. The Morgan fingerprint density at radius 1 is 1.13 bits per heavy atom. The van der Waals surface area contributed by atoms with Crippen molar-refractivity contribution in [2.75, 3.05) is 13.2 Å². The van der Waals surface area contributed by atoms with Gasteiger partial charge < -0.3 is 14.8 Å². The lowest BCUT2D eigenvalue weighted by atomic mass is 10.2. The molecule has 1 N–H and O–H groups in total. The number of amides is 1. The van der Waals surface area contributed by atoms with Crippen molar-refractivity contribution in [3.8, 4) is 11.5 Å². The summed E-state index contributed by atoms with van der Waals surface area (Å²) in [6.45, 7) is 6.57. The molecule has 4 heteroatoms. The molecule has 0 aliphatic rings. The van der Waals surface area contributed by atoms with Crippen molar-refractivity contribution in [1.82, 2.24) is 5.32 Å². The molecular formula is C19H23NO3. The zero-order valence-electron chi connectivity index (χ0n) is 13.8. The van der Waals surface area contributed by atoms with Crippen molar-refractivity contribution in [1.29, 1.82) is 0 Å². The molecule has 0 radical (unpaired) electrons. The van der Waals surface area contributed by atoms with E-state index >= 15 is 0 Å². The van der Waals surface area contributed by atoms with E-state index in [0.717, 1.165) is 22.6 Å². The van der Waals surface area contributed by atoms with Gasteiger partial charge in [0.1, 0.15) is 18.1 Å². The Kier molecular flexibility index (Phi) is 6.03. The van der Waals surface area contributed by atoms with Crippen LogP contribution in [0.3, 0.4) is 0 Å². The second-order valence-corrected chi connectivity index (χ2v) is 5.48. The summed E-state index contributed by atoms with van der Waals surface area (Å²) in [5.41, 5.74) is 2.15. The zero-order valence-corrected chi connectivity index (χ0v) is 13.8. The van der Waals surface area contributed by atoms with Gasteiger partial charge in [-0.3, -0.25) is 4.79 Å². The molecule has 2 aromatic carbocycles. The fourth-order valence-corrected chi connectivity index (χ4v) is 2.12. The number of aryl methyl sites for hydroxylation is 2. The quantitative estimate of drug-likeness (QED) is 0.798. The first-order chi connectivity index (χ1) is 11.1. The number of ether oxygens (including phenoxy) is 2. The lowest BCUT2D eigenvalue weighted by molar-refractivity contribution is -0.127. The second-order valence-electron chi connectivity index (χ2n) is 5.48. The second kappa shape index (κ2) is 8.22. The minimum absolute atomic E-state index is 0.152. The lowest BCUT2D eigenvalue weighted by Gasteiger charge is -2.16. The van der Waals surface area contributed by atoms with Crippen LogP contribution in [0.5, 0.6) is 11.5 Å². The van der Waals surface area contributed by atoms with E-state index in [1.54, 1.807) is 6.92 Å². The number of hydrogen-bond acceptors (Lipinski definition) is 3. The summed E-state index contributed by atoms with van der Waals surface area (Å²) in [5.74, 6) is 1.38. The first kappa shape index (κ1) is 16.9. The highest BCUT2D eigenvalue weighted by atomic mass is 16.5. The van der Waals surface area contributed by atoms with Crippen LogP contribution in [0.1, 0.15) is 18.1 Å². The summed E-state index contributed by atoms with van der Waals surface area (Å²) in [6.07, 6.45) is -0.546. The molecule has 1 atom stereocenters. The molecule has 2 aromatic rings. The van der Waals surface area contributed by atoms with Crippen molar-refractivity contribution >= 4 is 5.91 Å². The summed E-state index contributed by atoms with van der Waals surface area (Å²) in [7, 11) is 0. The zero-order chi connectivity index (χ0) is 16.7. The number of carbonyl (C=O) groups excluding carboxylic acids is 1. The van der Waals surface area contributed by atoms with Gasteiger partial charge in [0.25, 0.3) is 5.91 Å². The first-order valence-electron chi connectivity index (χ1n) is 7.76. The number of carbonyl (C=O) groups is 1. The molecule has 0 aliphatic heterocycles. The summed E-state index contributed by atoms with van der Waals surface area (Å²) < 4.78 is 11.3. The molecule has 1 amide bonds. The number of hydrogen-bond donors (Lipinski definition) is 1. The molecule has 2 rings (SSSR count). The van der Waals surface area contributed by atoms with Crippen LogP contribution in [-0.2, 0) is 4.79 Å². The van der Waals surface area contributed by atoms with Gasteiger partial charge in [0.15, 0.2) is 6.10 Å². The Hall–Kier alpha value is -2.49. The minimum Gasteiger partial charge on any atom is -0.492 e. The molecule has 0 aliphatic carbocycles. The number of para-hydroxylation sites is 1. The van der Waals surface area contributed by atoms with Gasteiger partial charge in [0, 0.05) is 0 Å². The standard InChI is InChI=1S/C19H23NO3/c1-14-7-6-9-17(13-14)22-12-11-20-19(21)16(3)23-18-10-5-4-8-15(18)2/h4-10,13,16H,11-12H2,1-3H3,(H,20,21)/t16-/m0/s1. The van der Waals surface area contributed by atoms with E-state index < -0.39 is 6.10 Å². The third-order valence-corrected chi connectivity index (χ3v) is 3.43. The van der Waals surface area contributed by atoms with Gasteiger partial charge in [0.2, 0.25) is 0 Å². The predicted molar refractivity (Wildman–Crippen MR) is 91.0 cm³/mol. The Labute approximate surface area is 137 Å². The number of rotatable bonds is 7. The maximum Gasteiger partial charge on any atom is 0.260 e. The lowest BCUT2D eigenvalue weighted by Crippen LogP contribution is -2.38. The molecule has 122 valence electrons. The van der Waals surface area contributed by atoms with Crippen LogP contribution < -0.4 is 14.8 Å².